The second-order valence-corrected chi connectivity index (χ2v) is 36.0. The topological polar surface area (TPSA) is 13.0 Å². The Morgan fingerprint density at radius 3 is 0.472 bits per heavy atom. The highest BCUT2D eigenvalue weighted by Crippen LogP contribution is 2.48. The molecule has 684 valence electrons. The highest BCUT2D eigenvalue weighted by molar-refractivity contribution is 6.17. The Hall–Kier alpha value is -18.0. The number of rotatable bonds is 16. The number of nitrogens with zero attached hydrogens (tertiary/aromatic N) is 4. The molecule has 0 spiro atoms. The lowest BCUT2D eigenvalue weighted by Gasteiger charge is -2.28. The van der Waals surface area contributed by atoms with E-state index in [1.165, 1.54) is 148 Å². The molecule has 0 aliphatic heterocycles. The minimum Gasteiger partial charge on any atom is -0.311 e. The van der Waals surface area contributed by atoms with E-state index in [0.29, 0.717) is 0 Å². The lowest BCUT2D eigenvalue weighted by atomic mass is 9.98. The molecule has 0 aliphatic rings. The van der Waals surface area contributed by atoms with Crippen LogP contribution in [0.5, 0.6) is 0 Å². The molecule has 0 aliphatic carbocycles. The Labute approximate surface area is 836 Å². The third kappa shape index (κ3) is 22.2. The van der Waals surface area contributed by atoms with Gasteiger partial charge in [0.2, 0.25) is 0 Å². The maximum absolute atomic E-state index is 2.40. The number of aryl methyl sites for hydroxylation is 6. The minimum absolute atomic E-state index is 1.11. The van der Waals surface area contributed by atoms with Crippen LogP contribution in [0.4, 0.5) is 68.2 Å². The van der Waals surface area contributed by atoms with Gasteiger partial charge in [0.05, 0.1) is 17.1 Å². The molecule has 0 amide bonds. The van der Waals surface area contributed by atoms with Crippen LogP contribution in [0.1, 0.15) is 33.4 Å². The summed E-state index contributed by atoms with van der Waals surface area (Å²) in [5.74, 6) is 0. The van der Waals surface area contributed by atoms with Gasteiger partial charge in [-0.25, -0.2) is 0 Å². The fourth-order valence-corrected chi connectivity index (χ4v) is 18.5. The molecule has 24 aromatic carbocycles. The summed E-state index contributed by atoms with van der Waals surface area (Å²) in [6, 6.07) is 203. The molecule has 24 rings (SSSR count). The summed E-state index contributed by atoms with van der Waals surface area (Å²) in [5.41, 5.74) is 31.2. The van der Waals surface area contributed by atoms with E-state index >= 15 is 0 Å². The molecule has 0 radical (unpaired) electrons. The van der Waals surface area contributed by atoms with Crippen molar-refractivity contribution in [2.24, 2.45) is 0 Å². The second kappa shape index (κ2) is 44.9. The summed E-state index contributed by atoms with van der Waals surface area (Å²) in [7, 11) is 0. The second-order valence-electron chi connectivity index (χ2n) is 36.0. The van der Waals surface area contributed by atoms with Crippen molar-refractivity contribution < 1.29 is 0 Å². The van der Waals surface area contributed by atoms with E-state index in [1.54, 1.807) is 0 Å². The van der Waals surface area contributed by atoms with Gasteiger partial charge in [0.1, 0.15) is 0 Å². The Bertz CT molecular complexity index is 7960. The van der Waals surface area contributed by atoms with Gasteiger partial charge >= 0.3 is 0 Å². The third-order valence-electron chi connectivity index (χ3n) is 26.0. The lowest BCUT2D eigenvalue weighted by Crippen LogP contribution is -2.11. The number of hydrogen-bond donors (Lipinski definition) is 0. The zero-order chi connectivity index (χ0) is 96.7. The first-order valence-electron chi connectivity index (χ1n) is 48.8. The highest BCUT2D eigenvalue weighted by atomic mass is 15.2. The number of para-hydroxylation sites is 2. The quantitative estimate of drug-likeness (QED) is 0.0894. The first-order valence-corrected chi connectivity index (χ1v) is 48.8. The van der Waals surface area contributed by atoms with Crippen LogP contribution >= 0.6 is 0 Å². The van der Waals surface area contributed by atoms with Gasteiger partial charge in [-0.1, -0.05) is 476 Å². The molecule has 0 atom stereocenters. The molecule has 4 nitrogen and oxygen atoms in total. The molecule has 0 aromatic heterocycles. The van der Waals surface area contributed by atoms with Crippen LogP contribution in [0, 0.1) is 41.5 Å². The van der Waals surface area contributed by atoms with Gasteiger partial charge in [0, 0.05) is 67.3 Å². The van der Waals surface area contributed by atoms with Gasteiger partial charge in [0.25, 0.3) is 0 Å². The molecule has 0 heterocycles. The summed E-state index contributed by atoms with van der Waals surface area (Å²) in [6.07, 6.45) is 0. The van der Waals surface area contributed by atoms with Crippen LogP contribution in [-0.4, -0.2) is 0 Å². The van der Waals surface area contributed by atoms with E-state index in [1.807, 2.05) is 36.4 Å². The summed E-state index contributed by atoms with van der Waals surface area (Å²) in [5, 5.41) is 15.0. The smallest absolute Gasteiger partial charge is 0.0546 e. The van der Waals surface area contributed by atoms with Crippen LogP contribution < -0.4 is 19.6 Å². The lowest BCUT2D eigenvalue weighted by molar-refractivity contribution is 1.28. The van der Waals surface area contributed by atoms with Gasteiger partial charge in [-0.05, 0) is 262 Å². The fourth-order valence-electron chi connectivity index (χ4n) is 18.5. The predicted molar refractivity (Wildman–Crippen MR) is 613 cm³/mol. The van der Waals surface area contributed by atoms with Crippen LogP contribution in [0.15, 0.2) is 570 Å². The van der Waals surface area contributed by atoms with Crippen molar-refractivity contribution in [2.45, 2.75) is 41.5 Å². The zero-order valence-electron chi connectivity index (χ0n) is 81.1. The first kappa shape index (κ1) is 93.1. The van der Waals surface area contributed by atoms with Gasteiger partial charge in [-0.15, -0.1) is 0 Å². The molecular weight excluding hydrogens is 1710 g/mol. The van der Waals surface area contributed by atoms with E-state index < -0.39 is 0 Å². The van der Waals surface area contributed by atoms with Gasteiger partial charge in [-0.3, -0.25) is 0 Å². The van der Waals surface area contributed by atoms with Crippen molar-refractivity contribution in [3.05, 3.63) is 604 Å². The summed E-state index contributed by atoms with van der Waals surface area (Å²) in [6.45, 7) is 12.6. The number of hydrogen-bond acceptors (Lipinski definition) is 4. The summed E-state index contributed by atoms with van der Waals surface area (Å²) >= 11 is 0. The minimum atomic E-state index is 1.11. The van der Waals surface area contributed by atoms with Crippen molar-refractivity contribution >= 4 is 133 Å². The monoisotopic (exact) mass is 1820 g/mol. The Morgan fingerprint density at radius 1 is 0.106 bits per heavy atom. The fraction of sp³-hybridized carbons (Fsp3) is 0.0435. The van der Waals surface area contributed by atoms with E-state index in [0.717, 1.165) is 62.6 Å². The third-order valence-corrected chi connectivity index (χ3v) is 26.0. The van der Waals surface area contributed by atoms with Crippen molar-refractivity contribution in [1.29, 1.82) is 0 Å². The number of fused-ring (bicyclic) bond motifs is 9. The molecule has 4 heteroatoms. The Kier molecular flexibility index (Phi) is 29.4. The highest BCUT2D eigenvalue weighted by Gasteiger charge is 2.23. The molecule has 0 bridgehead atoms. The standard InChI is InChI=1S/C53H38N2.C36H27N.C27H21N.C8H10.2C7H8/c1-37-23-29-43(30-24-37)55(53-36-41-14-6-8-18-47(41)49-20-10-12-22-51(49)53)45-33-27-39(28-34-45)38-25-31-44(32-26-38)54(42-15-3-2-4-16-42)52-35-40-13-5-7-17-46(40)48-19-9-11-21-50(48)52;1-4-10-28(11-5-1)31-16-22-34(23-17-31)37(35-24-18-32(19-25-35)29-12-6-2-7-13-29)36-26-20-33(21-27-36)30-14-8-3-9-15-30;1-20-15-17-23(18-16-20)28(22-10-3-2-4-11-22)27-19-21-9-5-6-12-24(21)25-13-7-8-14-26(25)27;1-7-3-5-8(2)6-4-7;2*1-7-5-3-2-4-6-7/h2-36H,1H3;1-27H;2-19H,1H3;3-6H,1-2H3;2*2-6H,1H3. The van der Waals surface area contributed by atoms with Crippen LogP contribution in [0.2, 0.25) is 0 Å². The van der Waals surface area contributed by atoms with Gasteiger partial charge in [0.15, 0.2) is 0 Å². The Balaban J connectivity index is 0.000000126. The SMILES string of the molecule is Cc1ccc(C)cc1.Cc1ccc(N(c2ccc(-c3ccc(N(c4ccccc4)c4cc5ccccc5c5ccccc45)cc3)cc2)c2cc3ccccc3c3ccccc23)cc1.Cc1ccc(N(c2ccccc2)c2cc3ccccc3c3ccccc23)cc1.Cc1ccccc1.Cc1ccccc1.c1ccc(-c2ccc(N(c3ccc(-c4ccccc4)cc3)c3ccc(-c4ccccc4)cc3)cc2)cc1. The largest absolute Gasteiger partial charge is 0.311 e. The van der Waals surface area contributed by atoms with E-state index in [-0.39, 0.29) is 0 Å². The van der Waals surface area contributed by atoms with Crippen molar-refractivity contribution in [2.75, 3.05) is 19.6 Å². The van der Waals surface area contributed by atoms with Gasteiger partial charge in [-0.2, -0.15) is 0 Å². The molecule has 24 aromatic rings. The van der Waals surface area contributed by atoms with Crippen LogP contribution in [0.3, 0.4) is 0 Å². The normalized spacial score (nSPS) is 10.7. The summed E-state index contributed by atoms with van der Waals surface area (Å²) in [4.78, 5) is 9.45. The van der Waals surface area contributed by atoms with E-state index in [4.69, 9.17) is 0 Å². The molecular formula is C138H112N4. The maximum Gasteiger partial charge on any atom is 0.0546 e. The maximum atomic E-state index is 2.40. The average molecular weight is 1830 g/mol. The number of anilines is 12. The van der Waals surface area contributed by atoms with Crippen LogP contribution in [-0.2, 0) is 0 Å². The Morgan fingerprint density at radius 2 is 0.254 bits per heavy atom. The first-order chi connectivity index (χ1) is 69.9. The summed E-state index contributed by atoms with van der Waals surface area (Å²) < 4.78 is 0. The van der Waals surface area contributed by atoms with Crippen molar-refractivity contribution in [3.8, 4) is 44.5 Å². The number of benzene rings is 24. The van der Waals surface area contributed by atoms with Crippen molar-refractivity contribution in [3.63, 3.8) is 0 Å². The molecule has 0 saturated carbocycles. The molecule has 0 fully saturated rings. The van der Waals surface area contributed by atoms with E-state index in [2.05, 4.69) is 595 Å². The predicted octanol–water partition coefficient (Wildman–Crippen LogP) is 39.4. The van der Waals surface area contributed by atoms with Crippen molar-refractivity contribution in [1.82, 2.24) is 0 Å². The molecule has 0 N–H and O–H groups in total. The molecule has 0 unspecified atom stereocenters. The van der Waals surface area contributed by atoms with Gasteiger partial charge < -0.3 is 19.6 Å². The van der Waals surface area contributed by atoms with E-state index in [9.17, 15) is 0 Å². The zero-order valence-corrected chi connectivity index (χ0v) is 81.1. The molecule has 142 heavy (non-hydrogen) atoms. The average Bonchev–Trinajstić information content (AvgIpc) is 0.751. The van der Waals surface area contributed by atoms with Crippen LogP contribution in [0.25, 0.3) is 109 Å². The molecule has 0 saturated heterocycles.